The van der Waals surface area contributed by atoms with Crippen molar-refractivity contribution in [2.75, 3.05) is 0 Å². The molecule has 3 rings (SSSR count). The predicted octanol–water partition coefficient (Wildman–Crippen LogP) is 7.54. The maximum absolute atomic E-state index is 10.4. The molecule has 6 unspecified atom stereocenters. The molecule has 6 atom stereocenters. The fourth-order valence-corrected chi connectivity index (χ4v) is 6.66. The van der Waals surface area contributed by atoms with Crippen LogP contribution in [0.2, 0.25) is 0 Å². The predicted molar refractivity (Wildman–Crippen MR) is 136 cm³/mol. The lowest BCUT2D eigenvalue weighted by Crippen LogP contribution is -2.48. The molecule has 0 radical (unpaired) electrons. The van der Waals surface area contributed by atoms with E-state index < -0.39 is 11.7 Å². The Labute approximate surface area is 201 Å². The maximum atomic E-state index is 10.4. The van der Waals surface area contributed by atoms with Crippen LogP contribution >= 0.6 is 0 Å². The molecule has 0 heterocycles. The molecular formula is C30H48O2. The minimum atomic E-state index is -0.734. The van der Waals surface area contributed by atoms with Gasteiger partial charge in [-0.05, 0) is 93.0 Å². The summed E-state index contributed by atoms with van der Waals surface area (Å²) in [6.45, 7) is 15.2. The Morgan fingerprint density at radius 3 is 2.53 bits per heavy atom. The summed E-state index contributed by atoms with van der Waals surface area (Å²) in [7, 11) is 0. The van der Waals surface area contributed by atoms with Gasteiger partial charge in [-0.2, -0.15) is 0 Å². The van der Waals surface area contributed by atoms with Gasteiger partial charge < -0.3 is 10.2 Å². The highest BCUT2D eigenvalue weighted by molar-refractivity contribution is 5.38. The Hall–Kier alpha value is -1.12. The minimum Gasteiger partial charge on any atom is -0.393 e. The van der Waals surface area contributed by atoms with E-state index in [-0.39, 0.29) is 28.7 Å². The fourth-order valence-electron chi connectivity index (χ4n) is 6.66. The van der Waals surface area contributed by atoms with Crippen LogP contribution in [0.4, 0.5) is 0 Å². The molecule has 0 bridgehead atoms. The lowest BCUT2D eigenvalue weighted by Gasteiger charge is -2.56. The van der Waals surface area contributed by atoms with E-state index in [1.807, 2.05) is 19.9 Å². The van der Waals surface area contributed by atoms with Crippen molar-refractivity contribution < 1.29 is 14.3 Å². The summed E-state index contributed by atoms with van der Waals surface area (Å²) in [5.41, 5.74) is 2.07. The highest BCUT2D eigenvalue weighted by atomic mass is 16.3. The number of fused-ring (bicyclic) bond motifs is 1. The Morgan fingerprint density at radius 2 is 1.88 bits per heavy atom. The zero-order valence-corrected chi connectivity index (χ0v) is 21.5. The van der Waals surface area contributed by atoms with Crippen LogP contribution in [0.5, 0.6) is 0 Å². The first-order valence-electron chi connectivity index (χ1n) is 14.2. The molecule has 3 aliphatic carbocycles. The monoisotopic (exact) mass is 443 g/mol. The van der Waals surface area contributed by atoms with Crippen molar-refractivity contribution in [1.29, 1.82) is 0 Å². The Morgan fingerprint density at radius 1 is 1.16 bits per heavy atom. The molecule has 3 fully saturated rings. The number of aliphatic hydroxyl groups excluding tert-OH is 1. The van der Waals surface area contributed by atoms with Gasteiger partial charge in [-0.25, -0.2) is 0 Å². The number of hydrogen-bond acceptors (Lipinski definition) is 2. The van der Waals surface area contributed by atoms with Crippen molar-refractivity contribution >= 4 is 0 Å². The van der Waals surface area contributed by atoms with Crippen LogP contribution < -0.4 is 0 Å². The molecule has 3 aliphatic rings. The fraction of sp³-hybridized carbons (Fsp3) is 0.733. The molecule has 2 heteroatoms. The summed E-state index contributed by atoms with van der Waals surface area (Å²) < 4.78 is 24.7. The van der Waals surface area contributed by atoms with E-state index in [9.17, 15) is 10.2 Å². The molecule has 32 heavy (non-hydrogen) atoms. The van der Waals surface area contributed by atoms with Crippen molar-refractivity contribution in [1.82, 2.24) is 0 Å². The second kappa shape index (κ2) is 8.91. The van der Waals surface area contributed by atoms with E-state index in [0.29, 0.717) is 42.4 Å². The second-order valence-electron chi connectivity index (χ2n) is 12.2. The van der Waals surface area contributed by atoms with Crippen molar-refractivity contribution in [3.63, 3.8) is 0 Å². The van der Waals surface area contributed by atoms with Crippen LogP contribution in [0, 0.1) is 28.1 Å². The van der Waals surface area contributed by atoms with E-state index in [2.05, 4.69) is 46.8 Å². The zero-order chi connectivity index (χ0) is 26.4. The summed E-state index contributed by atoms with van der Waals surface area (Å²) in [5.74, 6) is 0.449. The van der Waals surface area contributed by atoms with Gasteiger partial charge in [0.1, 0.15) is 0 Å². The Balaban J connectivity index is 1.98. The minimum absolute atomic E-state index is 0.0151. The second-order valence-corrected chi connectivity index (χ2v) is 12.2. The summed E-state index contributed by atoms with van der Waals surface area (Å²) in [6.07, 6.45) is 12.9. The van der Waals surface area contributed by atoms with Gasteiger partial charge in [0.25, 0.3) is 0 Å². The Kier molecular flexibility index (Phi) is 5.96. The summed E-state index contributed by atoms with van der Waals surface area (Å²) in [4.78, 5) is 0. The first kappa shape index (κ1) is 21.4. The van der Waals surface area contributed by atoms with Crippen LogP contribution in [0.15, 0.2) is 47.5 Å². The molecule has 0 aromatic carbocycles. The number of aliphatic hydroxyl groups is 2. The van der Waals surface area contributed by atoms with Gasteiger partial charge in [0.05, 0.1) is 15.8 Å². The van der Waals surface area contributed by atoms with Gasteiger partial charge >= 0.3 is 0 Å². The van der Waals surface area contributed by atoms with Gasteiger partial charge in [-0.15, -0.1) is 0 Å². The SMILES string of the molecule is [2H]C([2H])=C1CCC(O)CC1=C([2H])C=C1CCCC2(C)C1(C)CCC2(C)C(C)C=CC(C)C(C)(C)O. The highest BCUT2D eigenvalue weighted by Crippen LogP contribution is 2.72. The molecule has 3 saturated carbocycles. The first-order valence-corrected chi connectivity index (χ1v) is 12.7. The molecule has 180 valence electrons. The quantitative estimate of drug-likeness (QED) is 0.431. The molecule has 0 aromatic rings. The zero-order valence-electron chi connectivity index (χ0n) is 24.5. The van der Waals surface area contributed by atoms with Crippen LogP contribution in [0.1, 0.15) is 104 Å². The molecular weight excluding hydrogens is 392 g/mol. The van der Waals surface area contributed by atoms with Crippen molar-refractivity contribution in [3.05, 3.63) is 47.5 Å². The van der Waals surface area contributed by atoms with Crippen LogP contribution in [-0.2, 0) is 0 Å². The van der Waals surface area contributed by atoms with Gasteiger partial charge in [-0.3, -0.25) is 0 Å². The summed E-state index contributed by atoms with van der Waals surface area (Å²) in [6, 6.07) is 0.386. The maximum Gasteiger partial charge on any atom is 0.0651 e. The first-order chi connectivity index (χ1) is 16.1. The molecule has 0 aliphatic heterocycles. The van der Waals surface area contributed by atoms with Crippen molar-refractivity contribution in [2.24, 2.45) is 28.1 Å². The highest BCUT2D eigenvalue weighted by Gasteiger charge is 2.63. The molecule has 0 spiro atoms. The van der Waals surface area contributed by atoms with Gasteiger partial charge in [0.15, 0.2) is 0 Å². The molecule has 2 N–H and O–H groups in total. The van der Waals surface area contributed by atoms with Crippen LogP contribution in [0.25, 0.3) is 0 Å². The summed E-state index contributed by atoms with van der Waals surface area (Å²) in [5, 5.41) is 20.6. The van der Waals surface area contributed by atoms with Crippen LogP contribution in [0.3, 0.4) is 0 Å². The molecule has 2 nitrogen and oxygen atoms in total. The third-order valence-electron chi connectivity index (χ3n) is 10.2. The average molecular weight is 444 g/mol. The standard InChI is InChI=1S/C30H48O2/c1-21-11-16-26(31)20-24(21)14-15-25-10-9-17-30(8)28(6,18-19-29(25,30)7)23(3)13-12-22(2)27(4,5)32/h12-15,22-23,26,31-32H,1,9-11,16-20H2,2-8H3/i1D2,14D. The summed E-state index contributed by atoms with van der Waals surface area (Å²) >= 11 is 0. The van der Waals surface area contributed by atoms with E-state index >= 15 is 0 Å². The average Bonchev–Trinajstić information content (AvgIpc) is 2.99. The van der Waals surface area contributed by atoms with Crippen molar-refractivity contribution in [2.45, 2.75) is 112 Å². The lowest BCUT2D eigenvalue weighted by atomic mass is 9.48. The number of hydrogen-bond donors (Lipinski definition) is 2. The number of allylic oxidation sites excluding steroid dienone is 5. The van der Waals surface area contributed by atoms with Crippen molar-refractivity contribution in [3.8, 4) is 0 Å². The normalized spacial score (nSPS) is 42.3. The molecule has 0 aromatic heterocycles. The smallest absolute Gasteiger partial charge is 0.0651 e. The van der Waals surface area contributed by atoms with E-state index in [0.717, 1.165) is 32.1 Å². The third kappa shape index (κ3) is 4.34. The van der Waals surface area contributed by atoms with Gasteiger partial charge in [0.2, 0.25) is 0 Å². The largest absolute Gasteiger partial charge is 0.393 e. The topological polar surface area (TPSA) is 40.5 Å². The van der Waals surface area contributed by atoms with E-state index in [1.165, 1.54) is 5.57 Å². The van der Waals surface area contributed by atoms with E-state index in [4.69, 9.17) is 4.11 Å². The van der Waals surface area contributed by atoms with Crippen LogP contribution in [-0.4, -0.2) is 21.9 Å². The molecule has 0 amide bonds. The molecule has 0 saturated heterocycles. The van der Waals surface area contributed by atoms with E-state index in [1.54, 1.807) is 0 Å². The lowest BCUT2D eigenvalue weighted by molar-refractivity contribution is -0.0223. The van der Waals surface area contributed by atoms with Gasteiger partial charge in [0, 0.05) is 5.92 Å². The number of rotatable bonds is 5. The van der Waals surface area contributed by atoms with Gasteiger partial charge in [-0.1, -0.05) is 76.6 Å². The third-order valence-corrected chi connectivity index (χ3v) is 10.2. The Bertz CT molecular complexity index is 936.